The van der Waals surface area contributed by atoms with Crippen molar-refractivity contribution in [3.8, 4) is 0 Å². The molecule has 2 aromatic carbocycles. The summed E-state index contributed by atoms with van der Waals surface area (Å²) in [6, 6.07) is 13.6. The minimum Gasteiger partial charge on any atom is -0.444 e. The predicted molar refractivity (Wildman–Crippen MR) is 147 cm³/mol. The summed E-state index contributed by atoms with van der Waals surface area (Å²) in [5, 5.41) is 5.38. The Hall–Kier alpha value is -4.14. The molecule has 9 nitrogen and oxygen atoms in total. The number of carbonyl (C=O) groups excluding carboxylic acids is 4. The van der Waals surface area contributed by atoms with Gasteiger partial charge in [-0.05, 0) is 57.4 Å². The maximum absolute atomic E-state index is 13.9. The summed E-state index contributed by atoms with van der Waals surface area (Å²) in [7, 11) is 0. The molecular formula is C29H38N4O5. The van der Waals surface area contributed by atoms with Gasteiger partial charge in [-0.25, -0.2) is 4.79 Å². The molecule has 2 rings (SSSR count). The first-order chi connectivity index (χ1) is 17.8. The number of nitrogens with zero attached hydrogens (tertiary/aromatic N) is 1. The maximum atomic E-state index is 13.9. The van der Waals surface area contributed by atoms with Crippen molar-refractivity contribution >= 4 is 29.9 Å². The number of amides is 4. The van der Waals surface area contributed by atoms with Crippen LogP contribution in [-0.2, 0) is 25.7 Å². The lowest BCUT2D eigenvalue weighted by atomic mass is 9.98. The largest absolute Gasteiger partial charge is 0.444 e. The van der Waals surface area contributed by atoms with Crippen LogP contribution >= 0.6 is 0 Å². The van der Waals surface area contributed by atoms with Gasteiger partial charge in [0.15, 0.2) is 0 Å². The zero-order valence-corrected chi connectivity index (χ0v) is 22.7. The van der Waals surface area contributed by atoms with Crippen LogP contribution in [0.5, 0.6) is 0 Å². The molecule has 0 saturated heterocycles. The lowest BCUT2D eigenvalue weighted by Crippen LogP contribution is -2.55. The van der Waals surface area contributed by atoms with E-state index in [9.17, 15) is 19.2 Å². The molecule has 2 aromatic rings. The van der Waals surface area contributed by atoms with E-state index >= 15 is 0 Å². The van der Waals surface area contributed by atoms with Crippen molar-refractivity contribution < 1.29 is 23.9 Å². The molecule has 0 spiro atoms. The van der Waals surface area contributed by atoms with Gasteiger partial charge in [0.1, 0.15) is 17.7 Å². The molecule has 0 aliphatic heterocycles. The summed E-state index contributed by atoms with van der Waals surface area (Å²) in [6.07, 6.45) is 0.301. The van der Waals surface area contributed by atoms with Crippen molar-refractivity contribution in [2.24, 2.45) is 5.73 Å². The van der Waals surface area contributed by atoms with Gasteiger partial charge < -0.3 is 26.0 Å². The minimum absolute atomic E-state index is 0.248. The van der Waals surface area contributed by atoms with Crippen LogP contribution in [0.25, 0.3) is 6.08 Å². The second-order valence-corrected chi connectivity index (χ2v) is 10.2. The molecule has 0 radical (unpaired) electrons. The van der Waals surface area contributed by atoms with E-state index < -0.39 is 54.0 Å². The molecule has 2 unspecified atom stereocenters. The van der Waals surface area contributed by atoms with Crippen molar-refractivity contribution in [1.29, 1.82) is 0 Å². The first kappa shape index (κ1) is 30.1. The summed E-state index contributed by atoms with van der Waals surface area (Å²) in [6.45, 7) is 12.6. The van der Waals surface area contributed by atoms with Crippen LogP contribution in [0.2, 0.25) is 0 Å². The van der Waals surface area contributed by atoms with Crippen molar-refractivity contribution in [3.05, 3.63) is 77.9 Å². The second kappa shape index (κ2) is 13.4. The van der Waals surface area contributed by atoms with Crippen molar-refractivity contribution in [3.63, 3.8) is 0 Å². The van der Waals surface area contributed by atoms with Gasteiger partial charge in [-0.15, -0.1) is 0 Å². The molecule has 0 aromatic heterocycles. The Morgan fingerprint density at radius 3 is 2.26 bits per heavy atom. The molecule has 38 heavy (non-hydrogen) atoms. The minimum atomic E-state index is -1.34. The molecular weight excluding hydrogens is 484 g/mol. The van der Waals surface area contributed by atoms with Crippen molar-refractivity contribution in [2.45, 2.75) is 71.3 Å². The standard InChI is InChI=1S/C29H38N4O5/c1-7-20-14-11-15-22(16-20)25(26(35)31-18-21-12-9-8-10-13-21)33(19(2)3)27(36)23(17-24(30)34)32-28(37)38-29(4,5)6/h7-16,19,23,25H,1,17-18H2,2-6H3,(H2,30,34)(H,31,35)(H,32,37). The van der Waals surface area contributed by atoms with Gasteiger partial charge in [0, 0.05) is 12.6 Å². The lowest BCUT2D eigenvalue weighted by Gasteiger charge is -2.37. The van der Waals surface area contributed by atoms with E-state index in [-0.39, 0.29) is 6.54 Å². The fourth-order valence-corrected chi connectivity index (χ4v) is 3.89. The van der Waals surface area contributed by atoms with Crippen LogP contribution in [0, 0.1) is 0 Å². The molecule has 0 bridgehead atoms. The van der Waals surface area contributed by atoms with E-state index in [1.54, 1.807) is 58.9 Å². The number of benzene rings is 2. The lowest BCUT2D eigenvalue weighted by molar-refractivity contribution is -0.145. The van der Waals surface area contributed by atoms with Gasteiger partial charge in [0.2, 0.25) is 17.7 Å². The number of carbonyl (C=O) groups is 4. The maximum Gasteiger partial charge on any atom is 0.408 e. The van der Waals surface area contributed by atoms with Gasteiger partial charge in [-0.3, -0.25) is 14.4 Å². The highest BCUT2D eigenvalue weighted by Crippen LogP contribution is 2.27. The Balaban J connectivity index is 2.49. The highest BCUT2D eigenvalue weighted by molar-refractivity contribution is 5.94. The number of nitrogens with one attached hydrogen (secondary N) is 2. The van der Waals surface area contributed by atoms with E-state index in [0.717, 1.165) is 11.1 Å². The van der Waals surface area contributed by atoms with Gasteiger partial charge in [0.05, 0.1) is 6.42 Å². The van der Waals surface area contributed by atoms with Crippen LogP contribution in [0.4, 0.5) is 4.79 Å². The fraction of sp³-hybridized carbons (Fsp3) is 0.379. The van der Waals surface area contributed by atoms with E-state index in [1.807, 2.05) is 36.4 Å². The predicted octanol–water partition coefficient (Wildman–Crippen LogP) is 3.69. The van der Waals surface area contributed by atoms with Gasteiger partial charge in [-0.2, -0.15) is 0 Å². The molecule has 0 saturated carbocycles. The van der Waals surface area contributed by atoms with Gasteiger partial charge >= 0.3 is 6.09 Å². The monoisotopic (exact) mass is 522 g/mol. The van der Waals surface area contributed by atoms with Crippen molar-refractivity contribution in [1.82, 2.24) is 15.5 Å². The Kier molecular flexibility index (Phi) is 10.6. The number of hydrogen-bond acceptors (Lipinski definition) is 5. The van der Waals surface area contributed by atoms with E-state index in [0.29, 0.717) is 5.56 Å². The molecule has 2 atom stereocenters. The molecule has 0 heterocycles. The van der Waals surface area contributed by atoms with Crippen LogP contribution in [0.3, 0.4) is 0 Å². The third-order valence-electron chi connectivity index (χ3n) is 5.50. The molecule has 4 N–H and O–H groups in total. The molecule has 0 fully saturated rings. The van der Waals surface area contributed by atoms with Crippen LogP contribution < -0.4 is 16.4 Å². The van der Waals surface area contributed by atoms with E-state index in [2.05, 4.69) is 17.2 Å². The summed E-state index contributed by atoms with van der Waals surface area (Å²) in [5.74, 6) is -1.86. The molecule has 0 aliphatic carbocycles. The van der Waals surface area contributed by atoms with Gasteiger partial charge in [-0.1, -0.05) is 61.2 Å². The second-order valence-electron chi connectivity index (χ2n) is 10.2. The van der Waals surface area contributed by atoms with E-state index in [4.69, 9.17) is 10.5 Å². The number of rotatable bonds is 11. The molecule has 204 valence electrons. The third kappa shape index (κ3) is 9.06. The summed E-state index contributed by atoms with van der Waals surface area (Å²) in [4.78, 5) is 53.3. The number of ether oxygens (including phenoxy) is 1. The average Bonchev–Trinajstić information content (AvgIpc) is 2.84. The molecule has 4 amide bonds. The Morgan fingerprint density at radius 2 is 1.71 bits per heavy atom. The van der Waals surface area contributed by atoms with Crippen LogP contribution in [0.1, 0.15) is 63.8 Å². The Labute approximate surface area is 224 Å². The summed E-state index contributed by atoms with van der Waals surface area (Å²) < 4.78 is 5.29. The Morgan fingerprint density at radius 1 is 1.05 bits per heavy atom. The SMILES string of the molecule is C=Cc1cccc(C(C(=O)NCc2ccccc2)N(C(=O)C(CC(N)=O)NC(=O)OC(C)(C)C)C(C)C)c1. The topological polar surface area (TPSA) is 131 Å². The highest BCUT2D eigenvalue weighted by atomic mass is 16.6. The summed E-state index contributed by atoms with van der Waals surface area (Å²) >= 11 is 0. The summed E-state index contributed by atoms with van der Waals surface area (Å²) in [5.41, 5.74) is 6.79. The van der Waals surface area contributed by atoms with Crippen LogP contribution in [0.15, 0.2) is 61.2 Å². The first-order valence-electron chi connectivity index (χ1n) is 12.5. The number of alkyl carbamates (subject to hydrolysis) is 1. The third-order valence-corrected chi connectivity index (χ3v) is 5.50. The normalized spacial score (nSPS) is 12.7. The van der Waals surface area contributed by atoms with Crippen LogP contribution in [-0.4, -0.2) is 46.4 Å². The average molecular weight is 523 g/mol. The number of hydrogen-bond donors (Lipinski definition) is 3. The Bertz CT molecular complexity index is 1140. The van der Waals surface area contributed by atoms with Gasteiger partial charge in [0.25, 0.3) is 0 Å². The number of nitrogens with two attached hydrogens (primary N) is 1. The zero-order chi connectivity index (χ0) is 28.5. The van der Waals surface area contributed by atoms with Crippen molar-refractivity contribution in [2.75, 3.05) is 0 Å². The fourth-order valence-electron chi connectivity index (χ4n) is 3.89. The number of primary amides is 1. The first-order valence-corrected chi connectivity index (χ1v) is 12.5. The zero-order valence-electron chi connectivity index (χ0n) is 22.7. The highest BCUT2D eigenvalue weighted by Gasteiger charge is 2.38. The molecule has 0 aliphatic rings. The smallest absolute Gasteiger partial charge is 0.408 e. The molecule has 9 heteroatoms. The van der Waals surface area contributed by atoms with E-state index in [1.165, 1.54) is 4.90 Å². The quantitative estimate of drug-likeness (QED) is 0.414.